The standard InChI is InChI=1S/C30H20F2N4O3S2/c1-17-5-8-27(24(32)11-17)41(39)36-25-7-6-20(31)13-23(25)28(22-9-10-40-26(22)14-33)29(36)18-3-2-4-21(12-18)35-15-19(16-35)30(37)34-38/h2-13,19H,15-16H2,1H3. The molecule has 1 amide bonds. The Kier molecular flexibility index (Phi) is 6.91. The van der Waals surface area contributed by atoms with Crippen molar-refractivity contribution >= 4 is 45.2 Å². The number of nitrogens with zero attached hydrogens (tertiary/aromatic N) is 4. The summed E-state index contributed by atoms with van der Waals surface area (Å²) in [5, 5.41) is 14.6. The van der Waals surface area contributed by atoms with E-state index in [-0.39, 0.29) is 4.90 Å². The molecule has 0 aliphatic carbocycles. The average Bonchev–Trinajstić information content (AvgIpc) is 3.53. The van der Waals surface area contributed by atoms with Crippen LogP contribution in [0.5, 0.6) is 0 Å². The highest BCUT2D eigenvalue weighted by Crippen LogP contribution is 2.46. The van der Waals surface area contributed by atoms with Crippen LogP contribution in [-0.4, -0.2) is 27.5 Å². The molecule has 41 heavy (non-hydrogen) atoms. The fraction of sp³-hybridized carbons (Fsp3) is 0.133. The first kappa shape index (κ1) is 26.8. The van der Waals surface area contributed by atoms with Crippen molar-refractivity contribution in [2.45, 2.75) is 11.8 Å². The van der Waals surface area contributed by atoms with Gasteiger partial charge in [0.2, 0.25) is 4.90 Å². The molecule has 1 aliphatic rings. The van der Waals surface area contributed by atoms with Gasteiger partial charge in [-0.05, 0) is 66.4 Å². The number of halogens is 2. The molecule has 1 saturated heterocycles. The second kappa shape index (κ2) is 10.6. The summed E-state index contributed by atoms with van der Waals surface area (Å²) in [5.74, 6) is -2.33. The van der Waals surface area contributed by atoms with E-state index in [0.29, 0.717) is 56.8 Å². The molecule has 0 radical (unpaired) electrons. The van der Waals surface area contributed by atoms with Crippen molar-refractivity contribution in [3.63, 3.8) is 0 Å². The lowest BCUT2D eigenvalue weighted by Crippen LogP contribution is -2.50. The molecule has 0 N–H and O–H groups in total. The zero-order chi connectivity index (χ0) is 28.8. The van der Waals surface area contributed by atoms with Gasteiger partial charge in [-0.3, -0.25) is 4.79 Å². The first-order valence-corrected chi connectivity index (χ1v) is 14.5. The van der Waals surface area contributed by atoms with Crippen molar-refractivity contribution in [1.82, 2.24) is 3.97 Å². The summed E-state index contributed by atoms with van der Waals surface area (Å²) in [6.45, 7) is 2.37. The molecule has 0 bridgehead atoms. The maximum absolute atomic E-state index is 15.2. The molecule has 6 rings (SSSR count). The number of rotatable bonds is 6. The Morgan fingerprint density at radius 2 is 1.93 bits per heavy atom. The minimum Gasteiger partial charge on any atom is -0.587 e. The number of anilines is 1. The SMILES string of the molecule is Cc1ccc([S+]([O-])n2c(-c3cccc(N4CC(C(=O)N=O)C4)c3)c(-c3ccsc3C#N)c3cc(F)ccc32)c(F)c1. The second-order valence-corrected chi connectivity index (χ2v) is 11.9. The number of hydrogen-bond acceptors (Lipinski definition) is 6. The summed E-state index contributed by atoms with van der Waals surface area (Å²) >= 11 is -0.863. The van der Waals surface area contributed by atoms with Gasteiger partial charge in [0.15, 0.2) is 5.82 Å². The fourth-order valence-corrected chi connectivity index (χ4v) is 7.15. The van der Waals surface area contributed by atoms with Gasteiger partial charge in [0.05, 0.1) is 11.4 Å². The number of aromatic nitrogens is 1. The molecule has 1 unspecified atom stereocenters. The quantitative estimate of drug-likeness (QED) is 0.161. The molecule has 204 valence electrons. The third-order valence-corrected chi connectivity index (χ3v) is 9.41. The molecule has 1 fully saturated rings. The van der Waals surface area contributed by atoms with E-state index in [4.69, 9.17) is 0 Å². The highest BCUT2D eigenvalue weighted by atomic mass is 32.2. The number of carbonyl (C=O) groups excluding carboxylic acids is 1. The Labute approximate surface area is 240 Å². The number of nitroso groups, excluding NO2 is 1. The normalized spacial score (nSPS) is 14.1. The Morgan fingerprint density at radius 3 is 2.66 bits per heavy atom. The molecule has 1 aliphatic heterocycles. The molecule has 5 aromatic rings. The van der Waals surface area contributed by atoms with Gasteiger partial charge in [0.25, 0.3) is 5.91 Å². The summed E-state index contributed by atoms with van der Waals surface area (Å²) in [7, 11) is 0. The third kappa shape index (κ3) is 4.60. The molecule has 0 spiro atoms. The lowest BCUT2D eigenvalue weighted by Gasteiger charge is -2.38. The Bertz CT molecular complexity index is 1890. The molecule has 3 heterocycles. The highest BCUT2D eigenvalue weighted by molar-refractivity contribution is 7.90. The van der Waals surface area contributed by atoms with E-state index in [1.165, 1.54) is 45.6 Å². The topological polar surface area (TPSA) is 102 Å². The van der Waals surface area contributed by atoms with Crippen LogP contribution in [0.15, 0.2) is 82.2 Å². The summed E-state index contributed by atoms with van der Waals surface area (Å²) < 4.78 is 45.6. The summed E-state index contributed by atoms with van der Waals surface area (Å²) in [6.07, 6.45) is 0. The largest absolute Gasteiger partial charge is 0.587 e. The molecule has 11 heteroatoms. The Hall–Kier alpha value is -4.37. The van der Waals surface area contributed by atoms with Gasteiger partial charge >= 0.3 is 0 Å². The Balaban J connectivity index is 1.62. The van der Waals surface area contributed by atoms with E-state index in [0.717, 1.165) is 5.69 Å². The van der Waals surface area contributed by atoms with Crippen molar-refractivity contribution in [1.29, 1.82) is 5.26 Å². The van der Waals surface area contributed by atoms with Gasteiger partial charge in [0.1, 0.15) is 33.8 Å². The third-order valence-electron chi connectivity index (χ3n) is 7.17. The van der Waals surface area contributed by atoms with Crippen molar-refractivity contribution < 1.29 is 18.1 Å². The van der Waals surface area contributed by atoms with Crippen LogP contribution in [0.4, 0.5) is 14.5 Å². The van der Waals surface area contributed by atoms with Crippen molar-refractivity contribution in [3.05, 3.63) is 99.1 Å². The molecule has 3 aromatic carbocycles. The number of fused-ring (bicyclic) bond motifs is 1. The first-order valence-electron chi connectivity index (χ1n) is 12.5. The average molecular weight is 587 g/mol. The van der Waals surface area contributed by atoms with Crippen LogP contribution in [0.1, 0.15) is 10.4 Å². The monoisotopic (exact) mass is 586 g/mol. The second-order valence-electron chi connectivity index (χ2n) is 9.72. The maximum atomic E-state index is 15.2. The van der Waals surface area contributed by atoms with Crippen molar-refractivity contribution in [3.8, 4) is 28.5 Å². The number of amides is 1. The molecule has 2 aromatic heterocycles. The van der Waals surface area contributed by atoms with Crippen LogP contribution >= 0.6 is 11.3 Å². The summed E-state index contributed by atoms with van der Waals surface area (Å²) in [6, 6.07) is 19.7. The highest BCUT2D eigenvalue weighted by Gasteiger charge is 2.35. The molecule has 0 saturated carbocycles. The lowest BCUT2D eigenvalue weighted by molar-refractivity contribution is -0.122. The molecule has 1 atom stereocenters. The van der Waals surface area contributed by atoms with Gasteiger partial charge in [-0.2, -0.15) is 9.23 Å². The number of nitriles is 1. The molecule has 7 nitrogen and oxygen atoms in total. The number of carbonyl (C=O) groups is 1. The Morgan fingerprint density at radius 1 is 1.12 bits per heavy atom. The predicted octanol–water partition coefficient (Wildman–Crippen LogP) is 6.80. The van der Waals surface area contributed by atoms with Crippen molar-refractivity contribution in [2.75, 3.05) is 18.0 Å². The minimum atomic E-state index is -2.09. The van der Waals surface area contributed by atoms with E-state index in [1.54, 1.807) is 36.6 Å². The van der Waals surface area contributed by atoms with E-state index < -0.39 is 34.8 Å². The molecular formula is C30H20F2N4O3S2. The van der Waals surface area contributed by atoms with Crippen LogP contribution in [-0.2, 0) is 16.2 Å². The number of aryl methyl sites for hydroxylation is 1. The minimum absolute atomic E-state index is 0.0444. The number of benzene rings is 3. The van der Waals surface area contributed by atoms with E-state index in [2.05, 4.69) is 11.2 Å². The number of thiophene rings is 1. The smallest absolute Gasteiger partial charge is 0.292 e. The zero-order valence-electron chi connectivity index (χ0n) is 21.5. The van der Waals surface area contributed by atoms with Crippen LogP contribution in [0, 0.1) is 40.7 Å². The van der Waals surface area contributed by atoms with Gasteiger partial charge in [-0.15, -0.1) is 16.2 Å². The van der Waals surface area contributed by atoms with Gasteiger partial charge < -0.3 is 9.45 Å². The van der Waals surface area contributed by atoms with Crippen LogP contribution in [0.25, 0.3) is 33.3 Å². The molecular weight excluding hydrogens is 566 g/mol. The lowest BCUT2D eigenvalue weighted by atomic mass is 9.96. The summed E-state index contributed by atoms with van der Waals surface area (Å²) in [5.41, 5.74) is 3.87. The van der Waals surface area contributed by atoms with E-state index in [9.17, 15) is 23.9 Å². The van der Waals surface area contributed by atoms with E-state index in [1.807, 2.05) is 17.0 Å². The fourth-order valence-electron chi connectivity index (χ4n) is 5.15. The zero-order valence-corrected chi connectivity index (χ0v) is 23.1. The van der Waals surface area contributed by atoms with Crippen molar-refractivity contribution in [2.24, 2.45) is 11.1 Å². The van der Waals surface area contributed by atoms with Crippen LogP contribution < -0.4 is 4.90 Å². The maximum Gasteiger partial charge on any atom is 0.292 e. The first-order chi connectivity index (χ1) is 19.8. The van der Waals surface area contributed by atoms with Gasteiger partial charge in [0, 0.05) is 46.0 Å². The van der Waals surface area contributed by atoms with Gasteiger partial charge in [-0.25, -0.2) is 8.78 Å². The summed E-state index contributed by atoms with van der Waals surface area (Å²) in [4.78, 5) is 24.6. The van der Waals surface area contributed by atoms with Crippen LogP contribution in [0.3, 0.4) is 0 Å². The number of hydrogen-bond donors (Lipinski definition) is 0. The predicted molar refractivity (Wildman–Crippen MR) is 155 cm³/mol. The van der Waals surface area contributed by atoms with Crippen LogP contribution in [0.2, 0.25) is 0 Å². The van der Waals surface area contributed by atoms with Gasteiger partial charge in [-0.1, -0.05) is 18.2 Å². The van der Waals surface area contributed by atoms with E-state index >= 15 is 4.39 Å².